The van der Waals surface area contributed by atoms with E-state index in [1.165, 1.54) is 6.92 Å². The lowest BCUT2D eigenvalue weighted by Gasteiger charge is -2.25. The first-order valence-corrected chi connectivity index (χ1v) is 6.33. The molecule has 0 fully saturated rings. The van der Waals surface area contributed by atoms with Crippen LogP contribution in [0.5, 0.6) is 0 Å². The van der Waals surface area contributed by atoms with Gasteiger partial charge in [0.1, 0.15) is 5.54 Å². The van der Waals surface area contributed by atoms with Crippen molar-refractivity contribution in [3.8, 4) is 0 Å². The van der Waals surface area contributed by atoms with Gasteiger partial charge in [0.05, 0.1) is 6.42 Å². The van der Waals surface area contributed by atoms with Crippen molar-refractivity contribution < 1.29 is 14.7 Å². The third-order valence-electron chi connectivity index (χ3n) is 2.97. The minimum absolute atomic E-state index is 0.139. The summed E-state index contributed by atoms with van der Waals surface area (Å²) in [5.74, 6) is -1.31. The lowest BCUT2D eigenvalue weighted by molar-refractivity contribution is -0.147. The Morgan fingerprint density at radius 1 is 1.42 bits per heavy atom. The first-order chi connectivity index (χ1) is 8.87. The van der Waals surface area contributed by atoms with E-state index in [1.807, 2.05) is 26.0 Å². The van der Waals surface area contributed by atoms with Crippen LogP contribution in [0.3, 0.4) is 0 Å². The summed E-state index contributed by atoms with van der Waals surface area (Å²) in [6, 6.07) is 3.64. The molecule has 19 heavy (non-hydrogen) atoms. The number of amides is 1. The van der Waals surface area contributed by atoms with Crippen molar-refractivity contribution >= 4 is 11.9 Å². The minimum atomic E-state index is -1.20. The summed E-state index contributed by atoms with van der Waals surface area (Å²) in [5, 5.41) is 11.8. The van der Waals surface area contributed by atoms with Crippen molar-refractivity contribution in [3.63, 3.8) is 0 Å². The van der Waals surface area contributed by atoms with Crippen LogP contribution in [-0.2, 0) is 16.0 Å². The molecule has 0 spiro atoms. The molecule has 104 valence electrons. The van der Waals surface area contributed by atoms with Gasteiger partial charge in [-0.05, 0) is 31.9 Å². The van der Waals surface area contributed by atoms with Crippen molar-refractivity contribution in [3.05, 3.63) is 29.6 Å². The van der Waals surface area contributed by atoms with Gasteiger partial charge in [0, 0.05) is 11.9 Å². The molecule has 0 aliphatic rings. The number of aliphatic carboxylic acids is 1. The Labute approximate surface area is 113 Å². The van der Waals surface area contributed by atoms with Crippen LogP contribution in [0.2, 0.25) is 0 Å². The van der Waals surface area contributed by atoms with E-state index in [9.17, 15) is 14.7 Å². The van der Waals surface area contributed by atoms with E-state index in [2.05, 4.69) is 10.3 Å². The van der Waals surface area contributed by atoms with Crippen LogP contribution < -0.4 is 5.32 Å². The molecule has 1 unspecified atom stereocenters. The molecule has 1 rings (SSSR count). The molecule has 0 radical (unpaired) electrons. The van der Waals surface area contributed by atoms with Crippen molar-refractivity contribution in [2.45, 2.75) is 45.6 Å². The van der Waals surface area contributed by atoms with Gasteiger partial charge in [-0.25, -0.2) is 4.79 Å². The highest BCUT2D eigenvalue weighted by Crippen LogP contribution is 2.13. The molecule has 0 aliphatic carbocycles. The number of hydrogen-bond donors (Lipinski definition) is 2. The van der Waals surface area contributed by atoms with Crippen molar-refractivity contribution in [2.75, 3.05) is 0 Å². The smallest absolute Gasteiger partial charge is 0.329 e. The van der Waals surface area contributed by atoms with Gasteiger partial charge in [0.15, 0.2) is 0 Å². The maximum absolute atomic E-state index is 11.9. The van der Waals surface area contributed by atoms with Gasteiger partial charge in [-0.3, -0.25) is 9.78 Å². The van der Waals surface area contributed by atoms with E-state index in [0.717, 1.165) is 11.3 Å². The van der Waals surface area contributed by atoms with Gasteiger partial charge in [0.2, 0.25) is 5.91 Å². The van der Waals surface area contributed by atoms with Crippen molar-refractivity contribution in [1.29, 1.82) is 0 Å². The fourth-order valence-electron chi connectivity index (χ4n) is 1.86. The molecule has 0 saturated heterocycles. The molecule has 1 heterocycles. The summed E-state index contributed by atoms with van der Waals surface area (Å²) < 4.78 is 0. The van der Waals surface area contributed by atoms with E-state index in [1.54, 1.807) is 6.20 Å². The Morgan fingerprint density at radius 3 is 2.58 bits per heavy atom. The molecule has 0 aromatic carbocycles. The monoisotopic (exact) mass is 264 g/mol. The summed E-state index contributed by atoms with van der Waals surface area (Å²) in [6.45, 7) is 5.29. The maximum atomic E-state index is 11.9. The third kappa shape index (κ3) is 4.35. The molecule has 0 saturated carbocycles. The normalized spacial score (nSPS) is 13.6. The van der Waals surface area contributed by atoms with E-state index in [-0.39, 0.29) is 12.3 Å². The number of nitrogens with one attached hydrogen (secondary N) is 1. The SMILES string of the molecule is CCCC(C)(NC(=O)Cc1ccc(C)nc1)C(=O)O. The molecular formula is C14H20N2O3. The quantitative estimate of drug-likeness (QED) is 0.819. The Kier molecular flexibility index (Phi) is 5.03. The summed E-state index contributed by atoms with van der Waals surface area (Å²) in [5.41, 5.74) is 0.446. The Bertz CT molecular complexity index is 456. The summed E-state index contributed by atoms with van der Waals surface area (Å²) in [7, 11) is 0. The topological polar surface area (TPSA) is 79.3 Å². The molecule has 1 atom stereocenters. The van der Waals surface area contributed by atoms with E-state index in [4.69, 9.17) is 0 Å². The fraction of sp³-hybridized carbons (Fsp3) is 0.500. The molecular weight excluding hydrogens is 244 g/mol. The number of carbonyl (C=O) groups excluding carboxylic acids is 1. The number of rotatable bonds is 6. The lowest BCUT2D eigenvalue weighted by Crippen LogP contribution is -2.52. The fourth-order valence-corrected chi connectivity index (χ4v) is 1.86. The van der Waals surface area contributed by atoms with Gasteiger partial charge in [-0.2, -0.15) is 0 Å². The van der Waals surface area contributed by atoms with Crippen LogP contribution in [0.15, 0.2) is 18.3 Å². The predicted octanol–water partition coefficient (Wildman–Crippen LogP) is 1.69. The van der Waals surface area contributed by atoms with Crippen LogP contribution >= 0.6 is 0 Å². The average Bonchev–Trinajstić information content (AvgIpc) is 2.32. The number of carboxylic acid groups (broad SMARTS) is 1. The largest absolute Gasteiger partial charge is 0.480 e. The van der Waals surface area contributed by atoms with Crippen LogP contribution in [0, 0.1) is 6.92 Å². The lowest BCUT2D eigenvalue weighted by atomic mass is 9.96. The predicted molar refractivity (Wildman–Crippen MR) is 71.8 cm³/mol. The van der Waals surface area contributed by atoms with Crippen LogP contribution in [0.25, 0.3) is 0 Å². The number of hydrogen-bond acceptors (Lipinski definition) is 3. The number of nitrogens with zero attached hydrogens (tertiary/aromatic N) is 1. The second kappa shape index (κ2) is 6.31. The van der Waals surface area contributed by atoms with Gasteiger partial charge in [0.25, 0.3) is 0 Å². The average molecular weight is 264 g/mol. The van der Waals surface area contributed by atoms with E-state index >= 15 is 0 Å². The number of aromatic nitrogens is 1. The zero-order valence-corrected chi connectivity index (χ0v) is 11.6. The minimum Gasteiger partial charge on any atom is -0.480 e. The Hall–Kier alpha value is -1.91. The highest BCUT2D eigenvalue weighted by molar-refractivity contribution is 5.87. The van der Waals surface area contributed by atoms with Gasteiger partial charge >= 0.3 is 5.97 Å². The van der Waals surface area contributed by atoms with E-state index in [0.29, 0.717) is 12.8 Å². The summed E-state index contributed by atoms with van der Waals surface area (Å²) in [4.78, 5) is 27.2. The molecule has 1 aromatic heterocycles. The van der Waals surface area contributed by atoms with Crippen molar-refractivity contribution in [2.24, 2.45) is 0 Å². The van der Waals surface area contributed by atoms with Crippen LogP contribution in [0.1, 0.15) is 37.9 Å². The first kappa shape index (κ1) is 15.1. The standard InChI is InChI=1S/C14H20N2O3/c1-4-7-14(3,13(18)19)16-12(17)8-11-6-5-10(2)15-9-11/h5-6,9H,4,7-8H2,1-3H3,(H,16,17)(H,18,19). The first-order valence-electron chi connectivity index (χ1n) is 6.33. The molecule has 5 nitrogen and oxygen atoms in total. The molecule has 1 amide bonds. The van der Waals surface area contributed by atoms with Gasteiger partial charge in [-0.15, -0.1) is 0 Å². The summed E-state index contributed by atoms with van der Waals surface area (Å²) >= 11 is 0. The Balaban J connectivity index is 2.68. The molecule has 0 aliphatic heterocycles. The zero-order valence-electron chi connectivity index (χ0n) is 11.6. The number of carboxylic acids is 1. The molecule has 0 bridgehead atoms. The summed E-state index contributed by atoms with van der Waals surface area (Å²) in [6.07, 6.45) is 2.86. The third-order valence-corrected chi connectivity index (χ3v) is 2.97. The van der Waals surface area contributed by atoms with E-state index < -0.39 is 11.5 Å². The Morgan fingerprint density at radius 2 is 2.11 bits per heavy atom. The number of carbonyl (C=O) groups is 2. The maximum Gasteiger partial charge on any atom is 0.329 e. The molecule has 2 N–H and O–H groups in total. The zero-order chi connectivity index (χ0) is 14.5. The number of pyridine rings is 1. The van der Waals surface area contributed by atoms with Gasteiger partial charge < -0.3 is 10.4 Å². The second-order valence-corrected chi connectivity index (χ2v) is 4.92. The van der Waals surface area contributed by atoms with Crippen molar-refractivity contribution in [1.82, 2.24) is 10.3 Å². The van der Waals surface area contributed by atoms with Crippen LogP contribution in [-0.4, -0.2) is 27.5 Å². The second-order valence-electron chi connectivity index (χ2n) is 4.92. The highest BCUT2D eigenvalue weighted by Gasteiger charge is 2.33. The molecule has 1 aromatic rings. The number of aryl methyl sites for hydroxylation is 1. The van der Waals surface area contributed by atoms with Crippen LogP contribution in [0.4, 0.5) is 0 Å². The highest BCUT2D eigenvalue weighted by atomic mass is 16.4. The molecule has 5 heteroatoms. The van der Waals surface area contributed by atoms with Gasteiger partial charge in [-0.1, -0.05) is 19.4 Å².